The average Bonchev–Trinajstić information content (AvgIpc) is 2.31. The molecule has 0 aliphatic rings. The summed E-state index contributed by atoms with van der Waals surface area (Å²) >= 11 is 0. The summed E-state index contributed by atoms with van der Waals surface area (Å²) in [6.45, 7) is 9.62. The van der Waals surface area contributed by atoms with E-state index in [0.29, 0.717) is 6.42 Å². The van der Waals surface area contributed by atoms with E-state index in [0.717, 1.165) is 18.7 Å². The van der Waals surface area contributed by atoms with E-state index in [1.807, 2.05) is 37.8 Å². The number of aliphatic carboxylic acids is 1. The van der Waals surface area contributed by atoms with Gasteiger partial charge in [0.15, 0.2) is 0 Å². The quantitative estimate of drug-likeness (QED) is 0.842. The van der Waals surface area contributed by atoms with Crippen LogP contribution in [0.1, 0.15) is 30.5 Å². The van der Waals surface area contributed by atoms with E-state index in [-0.39, 0.29) is 0 Å². The molecule has 1 rings (SSSR count). The van der Waals surface area contributed by atoms with Crippen molar-refractivity contribution in [2.24, 2.45) is 0 Å². The maximum absolute atomic E-state index is 11.4. The number of likely N-dealkylation sites (N-methyl/N-ethyl adjacent to an activating group) is 1. The number of carboxylic acid groups (broad SMARTS) is 1. The summed E-state index contributed by atoms with van der Waals surface area (Å²) < 4.78 is 0. The van der Waals surface area contributed by atoms with Crippen molar-refractivity contribution in [3.63, 3.8) is 0 Å². The second-order valence-corrected chi connectivity index (χ2v) is 4.71. The Hall–Kier alpha value is -1.35. The van der Waals surface area contributed by atoms with Crippen LogP contribution in [0, 0.1) is 13.8 Å². The third kappa shape index (κ3) is 3.57. The molecule has 0 aromatic heterocycles. The Balaban J connectivity index is 2.93. The molecular formula is C15H23NO2. The van der Waals surface area contributed by atoms with Crippen molar-refractivity contribution >= 4 is 5.97 Å². The summed E-state index contributed by atoms with van der Waals surface area (Å²) in [6.07, 6.45) is 0.573. The molecule has 0 aliphatic heterocycles. The zero-order valence-electron chi connectivity index (χ0n) is 11.7. The zero-order valence-corrected chi connectivity index (χ0v) is 11.7. The lowest BCUT2D eigenvalue weighted by Crippen LogP contribution is -2.42. The largest absolute Gasteiger partial charge is 0.480 e. The Kier molecular flexibility index (Phi) is 5.35. The summed E-state index contributed by atoms with van der Waals surface area (Å²) in [7, 11) is 0. The standard InChI is InChI=1S/C15H23NO2/c1-5-16(6-2)14(15(17)18)10-13-8-7-11(3)9-12(13)4/h7-9,14H,5-6,10H2,1-4H3,(H,17,18). The molecule has 1 atom stereocenters. The van der Waals surface area contributed by atoms with Crippen molar-refractivity contribution in [3.8, 4) is 0 Å². The number of aryl methyl sites for hydroxylation is 2. The lowest BCUT2D eigenvalue weighted by molar-refractivity contribution is -0.143. The van der Waals surface area contributed by atoms with Crippen LogP contribution >= 0.6 is 0 Å². The topological polar surface area (TPSA) is 40.5 Å². The van der Waals surface area contributed by atoms with E-state index >= 15 is 0 Å². The van der Waals surface area contributed by atoms with E-state index in [2.05, 4.69) is 13.0 Å². The van der Waals surface area contributed by atoms with Gasteiger partial charge in [0.2, 0.25) is 0 Å². The summed E-state index contributed by atoms with van der Waals surface area (Å²) in [5.41, 5.74) is 3.51. The Morgan fingerprint density at radius 1 is 1.28 bits per heavy atom. The number of carboxylic acids is 1. The van der Waals surface area contributed by atoms with E-state index in [9.17, 15) is 9.90 Å². The number of rotatable bonds is 6. The van der Waals surface area contributed by atoms with Crippen molar-refractivity contribution < 1.29 is 9.90 Å². The maximum atomic E-state index is 11.4. The third-order valence-electron chi connectivity index (χ3n) is 3.45. The van der Waals surface area contributed by atoms with Gasteiger partial charge in [-0.3, -0.25) is 9.69 Å². The van der Waals surface area contributed by atoms with Gasteiger partial charge in [0.25, 0.3) is 0 Å². The minimum absolute atomic E-state index is 0.429. The third-order valence-corrected chi connectivity index (χ3v) is 3.45. The molecule has 0 heterocycles. The molecule has 0 bridgehead atoms. The number of nitrogens with zero attached hydrogens (tertiary/aromatic N) is 1. The number of benzene rings is 1. The number of carbonyl (C=O) groups is 1. The highest BCUT2D eigenvalue weighted by molar-refractivity contribution is 5.74. The molecule has 0 aliphatic carbocycles. The fourth-order valence-corrected chi connectivity index (χ4v) is 2.32. The molecule has 18 heavy (non-hydrogen) atoms. The molecule has 0 saturated heterocycles. The van der Waals surface area contributed by atoms with Crippen LogP contribution in [0.5, 0.6) is 0 Å². The van der Waals surface area contributed by atoms with Gasteiger partial charge in [-0.15, -0.1) is 0 Å². The molecule has 1 aromatic rings. The van der Waals surface area contributed by atoms with Crippen LogP contribution in [-0.2, 0) is 11.2 Å². The van der Waals surface area contributed by atoms with Crippen LogP contribution in [0.4, 0.5) is 0 Å². The molecule has 3 heteroatoms. The van der Waals surface area contributed by atoms with Gasteiger partial charge in [0.1, 0.15) is 6.04 Å². The highest BCUT2D eigenvalue weighted by Gasteiger charge is 2.24. The van der Waals surface area contributed by atoms with Crippen molar-refractivity contribution in [1.82, 2.24) is 4.90 Å². The molecule has 0 amide bonds. The molecule has 1 unspecified atom stereocenters. The maximum Gasteiger partial charge on any atom is 0.321 e. The monoisotopic (exact) mass is 249 g/mol. The van der Waals surface area contributed by atoms with E-state index in [4.69, 9.17) is 0 Å². The molecule has 0 spiro atoms. The van der Waals surface area contributed by atoms with Gasteiger partial charge >= 0.3 is 5.97 Å². The molecule has 0 saturated carbocycles. The second kappa shape index (κ2) is 6.55. The van der Waals surface area contributed by atoms with Gasteiger partial charge in [0.05, 0.1) is 0 Å². The molecule has 1 aromatic carbocycles. The van der Waals surface area contributed by atoms with Crippen LogP contribution in [0.15, 0.2) is 18.2 Å². The summed E-state index contributed by atoms with van der Waals surface area (Å²) in [4.78, 5) is 13.4. The minimum Gasteiger partial charge on any atom is -0.480 e. The van der Waals surface area contributed by atoms with Gasteiger partial charge in [0, 0.05) is 0 Å². The minimum atomic E-state index is -0.737. The zero-order chi connectivity index (χ0) is 13.7. The van der Waals surface area contributed by atoms with Gasteiger partial charge in [-0.05, 0) is 44.5 Å². The SMILES string of the molecule is CCN(CC)C(Cc1ccc(C)cc1C)C(=O)O. The van der Waals surface area contributed by atoms with Crippen LogP contribution < -0.4 is 0 Å². The van der Waals surface area contributed by atoms with Crippen molar-refractivity contribution in [1.29, 1.82) is 0 Å². The lowest BCUT2D eigenvalue weighted by atomic mass is 9.98. The Morgan fingerprint density at radius 3 is 2.33 bits per heavy atom. The number of hydrogen-bond donors (Lipinski definition) is 1. The van der Waals surface area contributed by atoms with Crippen LogP contribution in [0.3, 0.4) is 0 Å². The highest BCUT2D eigenvalue weighted by Crippen LogP contribution is 2.15. The Bertz CT molecular complexity index is 411. The van der Waals surface area contributed by atoms with Crippen molar-refractivity contribution in [2.75, 3.05) is 13.1 Å². The van der Waals surface area contributed by atoms with Gasteiger partial charge in [-0.1, -0.05) is 37.6 Å². The van der Waals surface area contributed by atoms with Gasteiger partial charge in [-0.25, -0.2) is 0 Å². The van der Waals surface area contributed by atoms with E-state index in [1.54, 1.807) is 0 Å². The molecule has 100 valence electrons. The molecule has 0 fully saturated rings. The summed E-state index contributed by atoms with van der Waals surface area (Å²) in [5.74, 6) is -0.737. The first-order valence-corrected chi connectivity index (χ1v) is 6.52. The van der Waals surface area contributed by atoms with Crippen LogP contribution in [-0.4, -0.2) is 35.1 Å². The number of hydrogen-bond acceptors (Lipinski definition) is 2. The summed E-state index contributed by atoms with van der Waals surface area (Å²) in [6, 6.07) is 5.77. The molecule has 3 nitrogen and oxygen atoms in total. The first kappa shape index (κ1) is 14.7. The second-order valence-electron chi connectivity index (χ2n) is 4.71. The van der Waals surface area contributed by atoms with Crippen molar-refractivity contribution in [3.05, 3.63) is 34.9 Å². The van der Waals surface area contributed by atoms with Gasteiger partial charge < -0.3 is 5.11 Å². The highest BCUT2D eigenvalue weighted by atomic mass is 16.4. The smallest absolute Gasteiger partial charge is 0.321 e. The van der Waals surface area contributed by atoms with E-state index in [1.165, 1.54) is 11.1 Å². The first-order chi connectivity index (χ1) is 8.49. The molecule has 0 radical (unpaired) electrons. The van der Waals surface area contributed by atoms with Crippen molar-refractivity contribution in [2.45, 2.75) is 40.2 Å². The van der Waals surface area contributed by atoms with Crippen LogP contribution in [0.25, 0.3) is 0 Å². The predicted molar refractivity (Wildman–Crippen MR) is 74.0 cm³/mol. The average molecular weight is 249 g/mol. The van der Waals surface area contributed by atoms with Gasteiger partial charge in [-0.2, -0.15) is 0 Å². The molecular weight excluding hydrogens is 226 g/mol. The predicted octanol–water partition coefficient (Wildman–Crippen LogP) is 2.64. The fraction of sp³-hybridized carbons (Fsp3) is 0.533. The Labute approximate surface area is 109 Å². The Morgan fingerprint density at radius 2 is 1.89 bits per heavy atom. The molecule has 1 N–H and O–H groups in total. The first-order valence-electron chi connectivity index (χ1n) is 6.52. The fourth-order valence-electron chi connectivity index (χ4n) is 2.32. The lowest BCUT2D eigenvalue weighted by Gasteiger charge is -2.26. The van der Waals surface area contributed by atoms with E-state index < -0.39 is 12.0 Å². The normalized spacial score (nSPS) is 12.7. The van der Waals surface area contributed by atoms with Crippen LogP contribution in [0.2, 0.25) is 0 Å². The summed E-state index contributed by atoms with van der Waals surface area (Å²) in [5, 5.41) is 9.37.